The number of amides is 1. The lowest BCUT2D eigenvalue weighted by atomic mass is 10.2. The van der Waals surface area contributed by atoms with E-state index in [1.165, 1.54) is 0 Å². The summed E-state index contributed by atoms with van der Waals surface area (Å²) in [5.74, 6) is 1.14. The van der Waals surface area contributed by atoms with Gasteiger partial charge in [-0.3, -0.25) is 10.1 Å². The molecular weight excluding hydrogens is 218 g/mol. The molecule has 0 spiro atoms. The Labute approximate surface area is 89.7 Å². The molecule has 1 aromatic carbocycles. The van der Waals surface area contributed by atoms with Crippen molar-refractivity contribution >= 4 is 6.09 Å². The van der Waals surface area contributed by atoms with Crippen LogP contribution in [0.25, 0.3) is 0 Å². The fourth-order valence-electron chi connectivity index (χ4n) is 1.23. The van der Waals surface area contributed by atoms with Crippen molar-refractivity contribution in [2.24, 2.45) is 0 Å². The number of nitrogens with zero attached hydrogens (tertiary/aromatic N) is 1. The molecule has 7 heteroatoms. The van der Waals surface area contributed by atoms with Gasteiger partial charge >= 0.3 is 6.09 Å². The van der Waals surface area contributed by atoms with Gasteiger partial charge in [-0.15, -0.1) is 0 Å². The van der Waals surface area contributed by atoms with Crippen LogP contribution in [-0.4, -0.2) is 17.8 Å². The smallest absolute Gasteiger partial charge is 0.454 e. The Morgan fingerprint density at radius 3 is 2.94 bits per heavy atom. The van der Waals surface area contributed by atoms with E-state index < -0.39 is 11.0 Å². The van der Waals surface area contributed by atoms with Crippen LogP contribution in [0.1, 0.15) is 5.56 Å². The molecule has 1 aliphatic rings. The predicted octanol–water partition coefficient (Wildman–Crippen LogP) is 1.33. The van der Waals surface area contributed by atoms with Crippen molar-refractivity contribution in [3.63, 3.8) is 0 Å². The lowest BCUT2D eigenvalue weighted by Crippen LogP contribution is -2.12. The first kappa shape index (κ1) is 10.2. The van der Waals surface area contributed by atoms with Crippen molar-refractivity contribution in [3.8, 4) is 11.5 Å². The van der Waals surface area contributed by atoms with Gasteiger partial charge in [-0.1, -0.05) is 6.07 Å². The van der Waals surface area contributed by atoms with E-state index in [-0.39, 0.29) is 13.4 Å². The van der Waals surface area contributed by atoms with Gasteiger partial charge in [-0.2, -0.15) is 4.79 Å². The largest absolute Gasteiger partial charge is 0.657 e. The Kier molecular flexibility index (Phi) is 2.59. The molecule has 0 radical (unpaired) electrons. The second kappa shape index (κ2) is 4.05. The van der Waals surface area contributed by atoms with E-state index in [1.54, 1.807) is 18.2 Å². The average Bonchev–Trinajstić information content (AvgIpc) is 2.72. The van der Waals surface area contributed by atoms with Gasteiger partial charge in [-0.25, -0.2) is 0 Å². The number of benzene rings is 1. The highest BCUT2D eigenvalue weighted by Crippen LogP contribution is 2.32. The van der Waals surface area contributed by atoms with Crippen molar-refractivity contribution < 1.29 is 23.9 Å². The van der Waals surface area contributed by atoms with Crippen LogP contribution in [0.5, 0.6) is 11.5 Å². The first-order valence-electron chi connectivity index (χ1n) is 4.36. The zero-order valence-electron chi connectivity index (χ0n) is 8.04. The van der Waals surface area contributed by atoms with Gasteiger partial charge in [0.15, 0.2) is 11.5 Å². The van der Waals surface area contributed by atoms with Gasteiger partial charge in [0.05, 0.1) is 0 Å². The monoisotopic (exact) mass is 225 g/mol. The number of hydrogen-bond donors (Lipinski definition) is 0. The van der Waals surface area contributed by atoms with E-state index in [0.29, 0.717) is 17.1 Å². The SMILES string of the molecule is O=C(OCc1ccc2c(c1)OCO2)[N+](=O)[O-]. The Balaban J connectivity index is 2.00. The second-order valence-electron chi connectivity index (χ2n) is 3.00. The molecule has 0 saturated carbocycles. The molecule has 1 aromatic rings. The molecule has 0 aromatic heterocycles. The summed E-state index contributed by atoms with van der Waals surface area (Å²) in [5.41, 5.74) is 0.597. The minimum Gasteiger partial charge on any atom is -0.454 e. The topological polar surface area (TPSA) is 87.9 Å². The van der Waals surface area contributed by atoms with Gasteiger partial charge in [0.2, 0.25) is 6.79 Å². The zero-order valence-corrected chi connectivity index (χ0v) is 8.04. The quantitative estimate of drug-likeness (QED) is 0.557. The molecule has 0 fully saturated rings. The molecule has 2 rings (SSSR count). The number of hydrogen-bond acceptors (Lipinski definition) is 6. The highest BCUT2D eigenvalue weighted by molar-refractivity contribution is 5.57. The first-order chi connectivity index (χ1) is 7.66. The molecule has 0 N–H and O–H groups in total. The Hall–Kier alpha value is -2.31. The van der Waals surface area contributed by atoms with Crippen LogP contribution in [0.15, 0.2) is 18.2 Å². The molecule has 0 saturated heterocycles. The molecule has 1 amide bonds. The van der Waals surface area contributed by atoms with Crippen LogP contribution in [0.3, 0.4) is 0 Å². The second-order valence-corrected chi connectivity index (χ2v) is 3.00. The van der Waals surface area contributed by atoms with Gasteiger partial charge in [0, 0.05) is 0 Å². The molecule has 7 nitrogen and oxygen atoms in total. The Morgan fingerprint density at radius 1 is 1.44 bits per heavy atom. The highest BCUT2D eigenvalue weighted by Gasteiger charge is 2.18. The maximum absolute atomic E-state index is 10.6. The zero-order chi connectivity index (χ0) is 11.5. The van der Waals surface area contributed by atoms with Crippen molar-refractivity contribution in [3.05, 3.63) is 33.9 Å². The van der Waals surface area contributed by atoms with Crippen molar-refractivity contribution in [1.82, 2.24) is 0 Å². The van der Waals surface area contributed by atoms with E-state index in [4.69, 9.17) is 9.47 Å². The number of rotatable bonds is 2. The molecular formula is C9H7NO6. The van der Waals surface area contributed by atoms with Crippen molar-refractivity contribution in [2.75, 3.05) is 6.79 Å². The predicted molar refractivity (Wildman–Crippen MR) is 49.7 cm³/mol. The number of carbonyl (C=O) groups excluding carboxylic acids is 1. The lowest BCUT2D eigenvalue weighted by Gasteiger charge is -2.01. The summed E-state index contributed by atoms with van der Waals surface area (Å²) in [5, 5.41) is 9.99. The van der Waals surface area contributed by atoms with Crippen molar-refractivity contribution in [1.29, 1.82) is 0 Å². The van der Waals surface area contributed by atoms with Crippen LogP contribution in [0.4, 0.5) is 4.79 Å². The van der Waals surface area contributed by atoms with Crippen LogP contribution in [0.2, 0.25) is 0 Å². The van der Waals surface area contributed by atoms with Gasteiger partial charge in [-0.05, 0) is 17.7 Å². The number of nitro groups is 1. The summed E-state index contributed by atoms with van der Waals surface area (Å²) < 4.78 is 14.6. The summed E-state index contributed by atoms with van der Waals surface area (Å²) in [7, 11) is 0. The average molecular weight is 225 g/mol. The molecule has 16 heavy (non-hydrogen) atoms. The third kappa shape index (κ3) is 2.02. The summed E-state index contributed by atoms with van der Waals surface area (Å²) in [6.45, 7) is -0.0239. The van der Waals surface area contributed by atoms with Crippen LogP contribution >= 0.6 is 0 Å². The van der Waals surface area contributed by atoms with Crippen LogP contribution in [0, 0.1) is 10.1 Å². The minimum absolute atomic E-state index is 0.146. The third-order valence-corrected chi connectivity index (χ3v) is 1.95. The number of carbonyl (C=O) groups is 1. The van der Waals surface area contributed by atoms with E-state index in [9.17, 15) is 14.9 Å². The maximum Gasteiger partial charge on any atom is 0.657 e. The molecule has 84 valence electrons. The molecule has 0 bridgehead atoms. The molecule has 0 atom stereocenters. The lowest BCUT2D eigenvalue weighted by molar-refractivity contribution is -0.397. The van der Waals surface area contributed by atoms with E-state index in [1.807, 2.05) is 0 Å². The summed E-state index contributed by atoms with van der Waals surface area (Å²) in [6, 6.07) is 4.90. The summed E-state index contributed by atoms with van der Waals surface area (Å²) >= 11 is 0. The van der Waals surface area contributed by atoms with Crippen LogP contribution in [-0.2, 0) is 11.3 Å². The van der Waals surface area contributed by atoms with Gasteiger partial charge < -0.3 is 14.2 Å². The fourth-order valence-corrected chi connectivity index (χ4v) is 1.23. The molecule has 0 unspecified atom stereocenters. The first-order valence-corrected chi connectivity index (χ1v) is 4.36. The minimum atomic E-state index is -1.47. The Bertz CT molecular complexity index is 444. The van der Waals surface area contributed by atoms with Gasteiger partial charge in [0.25, 0.3) is 0 Å². The van der Waals surface area contributed by atoms with Crippen LogP contribution < -0.4 is 9.47 Å². The number of fused-ring (bicyclic) bond motifs is 1. The summed E-state index contributed by atoms with van der Waals surface area (Å²) in [4.78, 5) is 19.4. The standard InChI is InChI=1S/C9H7NO6/c11-9(10(12)13)14-4-6-1-2-7-8(3-6)16-5-15-7/h1-3H,4-5H2. The summed E-state index contributed by atoms with van der Waals surface area (Å²) in [6.07, 6.45) is -1.47. The molecule has 1 aliphatic heterocycles. The van der Waals surface area contributed by atoms with Crippen molar-refractivity contribution in [2.45, 2.75) is 6.61 Å². The molecule has 1 heterocycles. The highest BCUT2D eigenvalue weighted by atomic mass is 16.7. The van der Waals surface area contributed by atoms with Gasteiger partial charge in [0.1, 0.15) is 11.5 Å². The maximum atomic E-state index is 10.6. The van der Waals surface area contributed by atoms with E-state index >= 15 is 0 Å². The third-order valence-electron chi connectivity index (χ3n) is 1.95. The normalized spacial score (nSPS) is 12.2. The number of ether oxygens (including phenoxy) is 3. The Morgan fingerprint density at radius 2 is 2.19 bits per heavy atom. The van der Waals surface area contributed by atoms with E-state index in [0.717, 1.165) is 0 Å². The fraction of sp³-hybridized carbons (Fsp3) is 0.222. The van der Waals surface area contributed by atoms with E-state index in [2.05, 4.69) is 4.74 Å². The molecule has 0 aliphatic carbocycles.